The third-order valence-electron chi connectivity index (χ3n) is 8.51. The quantitative estimate of drug-likeness (QED) is 0.281. The van der Waals surface area contributed by atoms with Gasteiger partial charge in [0, 0.05) is 51.6 Å². The molecule has 5 rings (SSSR count). The van der Waals surface area contributed by atoms with Crippen LogP contribution in [0.5, 0.6) is 0 Å². The lowest BCUT2D eigenvalue weighted by Gasteiger charge is -2.45. The molecule has 3 atom stereocenters. The van der Waals surface area contributed by atoms with Crippen molar-refractivity contribution in [1.29, 1.82) is 0 Å². The Labute approximate surface area is 268 Å². The first-order valence-corrected chi connectivity index (χ1v) is 16.4. The molecule has 2 aliphatic rings. The Hall–Kier alpha value is -3.11. The molecule has 1 aromatic heterocycles. The molecule has 3 unspecified atom stereocenters. The number of carbonyl (C=O) groups excluding carboxylic acids is 2. The molecule has 0 aliphatic carbocycles. The molecule has 44 heavy (non-hydrogen) atoms. The molecule has 2 fully saturated rings. The fourth-order valence-electron chi connectivity index (χ4n) is 6.03. The summed E-state index contributed by atoms with van der Waals surface area (Å²) in [5.74, 6) is -0.708. The van der Waals surface area contributed by atoms with Crippen molar-refractivity contribution in [1.82, 2.24) is 24.8 Å². The molecule has 0 N–H and O–H groups in total. The Bertz CT molecular complexity index is 1510. The maximum Gasteiger partial charge on any atom is 0.410 e. The minimum atomic E-state index is -0.540. The summed E-state index contributed by atoms with van der Waals surface area (Å²) >= 11 is 7.39. The van der Waals surface area contributed by atoms with Crippen LogP contribution >= 0.6 is 23.4 Å². The molecule has 2 amide bonds. The summed E-state index contributed by atoms with van der Waals surface area (Å²) in [6.07, 6.45) is 4.78. The first-order chi connectivity index (χ1) is 20.7. The Morgan fingerprint density at radius 1 is 1.11 bits per heavy atom. The van der Waals surface area contributed by atoms with E-state index in [1.165, 1.54) is 17.8 Å². The molecule has 3 heterocycles. The van der Waals surface area contributed by atoms with Crippen molar-refractivity contribution in [2.45, 2.75) is 106 Å². The van der Waals surface area contributed by atoms with Crippen LogP contribution in [0.25, 0.3) is 0 Å². The maximum atomic E-state index is 15.4. The fourth-order valence-corrected chi connectivity index (χ4v) is 7.11. The zero-order valence-corrected chi connectivity index (χ0v) is 27.8. The Kier molecular flexibility index (Phi) is 9.33. The summed E-state index contributed by atoms with van der Waals surface area (Å²) in [4.78, 5) is 31.8. The number of aromatic nitrogens is 3. The summed E-state index contributed by atoms with van der Waals surface area (Å²) in [6.45, 7) is 12.7. The van der Waals surface area contributed by atoms with Gasteiger partial charge in [0.15, 0.2) is 0 Å². The largest absolute Gasteiger partial charge is 0.444 e. The minimum Gasteiger partial charge on any atom is -0.444 e. The van der Waals surface area contributed by atoms with E-state index in [1.54, 1.807) is 34.1 Å². The lowest BCUT2D eigenvalue weighted by molar-refractivity contribution is 0.0102. The van der Waals surface area contributed by atoms with E-state index in [0.717, 1.165) is 36.3 Å². The van der Waals surface area contributed by atoms with Gasteiger partial charge in [-0.25, -0.2) is 13.9 Å². The van der Waals surface area contributed by atoms with Crippen LogP contribution in [-0.2, 0) is 4.74 Å². The van der Waals surface area contributed by atoms with Crippen LogP contribution in [0.1, 0.15) is 95.2 Å². The van der Waals surface area contributed by atoms with Gasteiger partial charge < -0.3 is 14.5 Å². The van der Waals surface area contributed by atoms with E-state index in [1.807, 2.05) is 64.6 Å². The van der Waals surface area contributed by atoms with Crippen molar-refractivity contribution in [3.8, 4) is 0 Å². The summed E-state index contributed by atoms with van der Waals surface area (Å²) in [5.41, 5.74) is -0.0417. The lowest BCUT2D eigenvalue weighted by Crippen LogP contribution is -2.53. The molecule has 0 bridgehead atoms. The Balaban J connectivity index is 1.31. The summed E-state index contributed by atoms with van der Waals surface area (Å²) in [5, 5.41) is 9.63. The van der Waals surface area contributed by atoms with E-state index < -0.39 is 17.0 Å². The molecular formula is C33H41ClFN5O3S. The van der Waals surface area contributed by atoms with Crippen molar-refractivity contribution in [2.75, 3.05) is 13.1 Å². The lowest BCUT2D eigenvalue weighted by atomic mass is 9.87. The number of likely N-dealkylation sites (tertiary alicyclic amines) is 2. The zero-order chi connectivity index (χ0) is 31.8. The average Bonchev–Trinajstić information content (AvgIpc) is 3.43. The maximum absolute atomic E-state index is 15.4. The first kappa shape index (κ1) is 32.3. The molecular weight excluding hydrogens is 601 g/mol. The Morgan fingerprint density at radius 2 is 1.84 bits per heavy atom. The highest BCUT2D eigenvalue weighted by Gasteiger charge is 2.40. The van der Waals surface area contributed by atoms with Crippen molar-refractivity contribution >= 4 is 35.4 Å². The molecule has 8 nitrogen and oxygen atoms in total. The molecule has 3 aromatic rings. The summed E-state index contributed by atoms with van der Waals surface area (Å²) in [6, 6.07) is 11.9. The molecule has 2 aliphatic heterocycles. The number of benzene rings is 2. The smallest absolute Gasteiger partial charge is 0.410 e. The van der Waals surface area contributed by atoms with Gasteiger partial charge in [-0.3, -0.25) is 4.79 Å². The number of hydrogen-bond acceptors (Lipinski definition) is 6. The van der Waals surface area contributed by atoms with Crippen LogP contribution in [0.15, 0.2) is 58.5 Å². The second-order valence-electron chi connectivity index (χ2n) is 13.5. The van der Waals surface area contributed by atoms with Crippen LogP contribution in [-0.4, -0.2) is 67.1 Å². The number of ether oxygens (including phenoxy) is 1. The van der Waals surface area contributed by atoms with Gasteiger partial charge in [-0.15, -0.1) is 5.10 Å². The average molecular weight is 642 g/mol. The van der Waals surface area contributed by atoms with Gasteiger partial charge >= 0.3 is 6.09 Å². The van der Waals surface area contributed by atoms with Crippen LogP contribution in [0, 0.1) is 5.82 Å². The predicted octanol–water partition coefficient (Wildman–Crippen LogP) is 7.98. The zero-order valence-electron chi connectivity index (χ0n) is 26.2. The van der Waals surface area contributed by atoms with Gasteiger partial charge in [-0.2, -0.15) is 0 Å². The van der Waals surface area contributed by atoms with Crippen molar-refractivity contribution < 1.29 is 18.7 Å². The van der Waals surface area contributed by atoms with Gasteiger partial charge in [0.25, 0.3) is 5.91 Å². The normalized spacial score (nSPS) is 22.1. The van der Waals surface area contributed by atoms with E-state index in [-0.39, 0.29) is 35.6 Å². The van der Waals surface area contributed by atoms with Gasteiger partial charge in [0.05, 0.1) is 17.3 Å². The van der Waals surface area contributed by atoms with Crippen molar-refractivity contribution in [3.63, 3.8) is 0 Å². The molecule has 11 heteroatoms. The molecule has 0 saturated carbocycles. The van der Waals surface area contributed by atoms with Gasteiger partial charge in [0.2, 0.25) is 0 Å². The van der Waals surface area contributed by atoms with Crippen LogP contribution in [0.3, 0.4) is 0 Å². The number of rotatable bonds is 5. The van der Waals surface area contributed by atoms with Crippen LogP contribution in [0.4, 0.5) is 9.18 Å². The van der Waals surface area contributed by atoms with Crippen molar-refractivity contribution in [3.05, 3.63) is 70.8 Å². The highest BCUT2D eigenvalue weighted by atomic mass is 35.5. The minimum absolute atomic E-state index is 0.0121. The summed E-state index contributed by atoms with van der Waals surface area (Å²) < 4.78 is 22.8. The van der Waals surface area contributed by atoms with E-state index in [2.05, 4.69) is 10.3 Å². The third kappa shape index (κ3) is 7.23. The standard InChI is InChI=1S/C33H41ClFN5O3S/c1-21-18-22(15-17-38(21)31(42)43-32(2,3)4)27-20-40(37-36-27)24-14-16-33(5,6)39(19-24)30(41)29-26(35)8-7-9-28(29)44-25-12-10-23(34)11-13-25/h7-13,20-22,24H,14-19H2,1-6H3. The van der Waals surface area contributed by atoms with Gasteiger partial charge in [-0.1, -0.05) is 34.6 Å². The molecule has 0 radical (unpaired) electrons. The molecule has 236 valence electrons. The SMILES string of the molecule is CC1CC(c2cn(C3CCC(C)(C)N(C(=O)c4c(F)cccc4Sc4ccc(Cl)cc4)C3)nn2)CCN1C(=O)OC(C)(C)C. The number of hydrogen-bond donors (Lipinski definition) is 0. The van der Waals surface area contributed by atoms with E-state index in [0.29, 0.717) is 23.0 Å². The second kappa shape index (κ2) is 12.7. The topological polar surface area (TPSA) is 80.6 Å². The predicted molar refractivity (Wildman–Crippen MR) is 170 cm³/mol. The third-order valence-corrected chi connectivity index (χ3v) is 9.83. The Morgan fingerprint density at radius 3 is 2.52 bits per heavy atom. The second-order valence-corrected chi connectivity index (χ2v) is 15.0. The number of carbonyl (C=O) groups is 2. The number of piperidine rings is 2. The highest BCUT2D eigenvalue weighted by Crippen LogP contribution is 2.39. The fraction of sp³-hybridized carbons (Fsp3) is 0.515. The first-order valence-electron chi connectivity index (χ1n) is 15.2. The van der Waals surface area contributed by atoms with E-state index in [9.17, 15) is 9.59 Å². The number of halogens is 2. The summed E-state index contributed by atoms with van der Waals surface area (Å²) in [7, 11) is 0. The number of nitrogens with zero attached hydrogens (tertiary/aromatic N) is 5. The van der Waals surface area contributed by atoms with E-state index >= 15 is 4.39 Å². The van der Waals surface area contributed by atoms with Gasteiger partial charge in [0.1, 0.15) is 11.4 Å². The van der Waals surface area contributed by atoms with Crippen LogP contribution < -0.4 is 0 Å². The molecule has 2 saturated heterocycles. The van der Waals surface area contributed by atoms with Crippen LogP contribution in [0.2, 0.25) is 5.02 Å². The monoisotopic (exact) mass is 641 g/mol. The van der Waals surface area contributed by atoms with Crippen molar-refractivity contribution in [2.24, 2.45) is 0 Å². The molecule has 2 aromatic carbocycles. The van der Waals surface area contributed by atoms with Gasteiger partial charge in [-0.05, 0) is 104 Å². The number of amides is 2. The van der Waals surface area contributed by atoms with E-state index in [4.69, 9.17) is 16.3 Å². The molecule has 0 spiro atoms. The highest BCUT2D eigenvalue weighted by molar-refractivity contribution is 7.99.